The number of carbonyl (C=O) groups is 1. The minimum absolute atomic E-state index is 0.00544. The second kappa shape index (κ2) is 8.82. The Morgan fingerprint density at radius 3 is 2.77 bits per heavy atom. The van der Waals surface area contributed by atoms with Gasteiger partial charge < -0.3 is 10.1 Å². The lowest BCUT2D eigenvalue weighted by Gasteiger charge is -2.12. The summed E-state index contributed by atoms with van der Waals surface area (Å²) in [5.41, 5.74) is 5.75. The van der Waals surface area contributed by atoms with Gasteiger partial charge in [-0.25, -0.2) is 0 Å². The Hall–Kier alpha value is -3.60. The molecule has 0 atom stereocenters. The molecule has 4 rings (SSSR count). The zero-order valence-electron chi connectivity index (χ0n) is 17.3. The number of fused-ring (bicyclic) bond motifs is 1. The summed E-state index contributed by atoms with van der Waals surface area (Å²) in [6.45, 7) is 3.14. The van der Waals surface area contributed by atoms with Gasteiger partial charge in [0.05, 0.1) is 18.3 Å². The van der Waals surface area contributed by atoms with Gasteiger partial charge in [-0.2, -0.15) is 5.10 Å². The molecule has 30 heavy (non-hydrogen) atoms. The quantitative estimate of drug-likeness (QED) is 0.489. The van der Waals surface area contributed by atoms with Crippen molar-refractivity contribution in [2.75, 3.05) is 7.05 Å². The molecule has 0 saturated heterocycles. The molecule has 1 amide bonds. The number of aromatic nitrogens is 2. The summed E-state index contributed by atoms with van der Waals surface area (Å²) in [6.07, 6.45) is 2.22. The van der Waals surface area contributed by atoms with Gasteiger partial charge in [-0.15, -0.1) is 0 Å². The van der Waals surface area contributed by atoms with E-state index in [0.717, 1.165) is 22.2 Å². The van der Waals surface area contributed by atoms with Gasteiger partial charge in [0.1, 0.15) is 12.4 Å². The number of hydrogen-bond donors (Lipinski definition) is 1. The number of ether oxygens (including phenoxy) is 1. The predicted octanol–water partition coefficient (Wildman–Crippen LogP) is 4.73. The zero-order chi connectivity index (χ0) is 20.9. The molecule has 0 fully saturated rings. The molecule has 1 heterocycles. The van der Waals surface area contributed by atoms with E-state index in [4.69, 9.17) is 4.74 Å². The van der Waals surface area contributed by atoms with Gasteiger partial charge in [0.15, 0.2) is 0 Å². The third kappa shape index (κ3) is 4.35. The Bertz CT molecular complexity index is 1180. The van der Waals surface area contributed by atoms with Crippen LogP contribution >= 0.6 is 0 Å². The number of carbonyl (C=O) groups excluding carboxylic acids is 1. The van der Waals surface area contributed by atoms with E-state index in [0.29, 0.717) is 19.6 Å². The molecule has 1 aromatic heterocycles. The molecule has 0 bridgehead atoms. The van der Waals surface area contributed by atoms with Crippen molar-refractivity contribution in [3.63, 3.8) is 0 Å². The van der Waals surface area contributed by atoms with Crippen molar-refractivity contribution in [2.24, 2.45) is 0 Å². The van der Waals surface area contributed by atoms with Crippen molar-refractivity contribution in [2.45, 2.75) is 26.5 Å². The monoisotopic (exact) mass is 399 g/mol. The number of nitrogens with zero attached hydrogens (tertiary/aromatic N) is 2. The standard InChI is InChI=1S/C25H25N3O2/c1-18-6-5-8-19(14-18)23-9-4-3-7-20(23)17-30-22-10-11-24-21(15-22)16-27-28(24)13-12-25(29)26-2/h3-11,14-16H,12-13,17H2,1-2H3,(H,26,29). The van der Waals surface area contributed by atoms with E-state index in [1.165, 1.54) is 16.7 Å². The first-order chi connectivity index (χ1) is 14.6. The molecule has 1 N–H and O–H groups in total. The Morgan fingerprint density at radius 2 is 1.93 bits per heavy atom. The van der Waals surface area contributed by atoms with E-state index in [9.17, 15) is 4.79 Å². The SMILES string of the molecule is CNC(=O)CCn1ncc2cc(OCc3ccccc3-c3cccc(C)c3)ccc21. The highest BCUT2D eigenvalue weighted by Gasteiger charge is 2.09. The highest BCUT2D eigenvalue weighted by molar-refractivity contribution is 5.80. The van der Waals surface area contributed by atoms with Crippen LogP contribution in [0.2, 0.25) is 0 Å². The van der Waals surface area contributed by atoms with E-state index in [1.807, 2.05) is 35.1 Å². The third-order valence-electron chi connectivity index (χ3n) is 5.18. The smallest absolute Gasteiger partial charge is 0.221 e. The van der Waals surface area contributed by atoms with Crippen LogP contribution in [0.3, 0.4) is 0 Å². The van der Waals surface area contributed by atoms with Crippen molar-refractivity contribution < 1.29 is 9.53 Å². The topological polar surface area (TPSA) is 56.2 Å². The summed E-state index contributed by atoms with van der Waals surface area (Å²) in [5, 5.41) is 8.04. The van der Waals surface area contributed by atoms with Gasteiger partial charge >= 0.3 is 0 Å². The van der Waals surface area contributed by atoms with Crippen LogP contribution in [0.1, 0.15) is 17.5 Å². The van der Waals surface area contributed by atoms with Crippen LogP contribution in [0, 0.1) is 6.92 Å². The fourth-order valence-electron chi connectivity index (χ4n) is 3.57. The average molecular weight is 399 g/mol. The molecule has 4 aromatic rings. The molecular formula is C25H25N3O2. The Labute approximate surface area is 176 Å². The maximum absolute atomic E-state index is 11.5. The molecule has 0 spiro atoms. The van der Waals surface area contributed by atoms with E-state index in [-0.39, 0.29) is 5.91 Å². The van der Waals surface area contributed by atoms with Crippen LogP contribution in [-0.4, -0.2) is 22.7 Å². The highest BCUT2D eigenvalue weighted by Crippen LogP contribution is 2.27. The molecule has 5 heteroatoms. The molecule has 0 saturated carbocycles. The van der Waals surface area contributed by atoms with Crippen LogP contribution in [-0.2, 0) is 17.9 Å². The summed E-state index contributed by atoms with van der Waals surface area (Å²) < 4.78 is 7.96. The molecule has 0 aliphatic heterocycles. The summed E-state index contributed by atoms with van der Waals surface area (Å²) in [7, 11) is 1.64. The number of hydrogen-bond acceptors (Lipinski definition) is 3. The Kier molecular flexibility index (Phi) is 5.80. The number of rotatable bonds is 7. The first-order valence-corrected chi connectivity index (χ1v) is 10.1. The summed E-state index contributed by atoms with van der Waals surface area (Å²) in [6, 6.07) is 22.8. The van der Waals surface area contributed by atoms with Crippen molar-refractivity contribution in [3.05, 3.63) is 84.1 Å². The largest absolute Gasteiger partial charge is 0.489 e. The number of amides is 1. The van der Waals surface area contributed by atoms with Crippen LogP contribution in [0.25, 0.3) is 22.0 Å². The van der Waals surface area contributed by atoms with E-state index >= 15 is 0 Å². The van der Waals surface area contributed by atoms with Crippen molar-refractivity contribution >= 4 is 16.8 Å². The molecule has 0 radical (unpaired) electrons. The minimum Gasteiger partial charge on any atom is -0.489 e. The normalized spacial score (nSPS) is 10.9. The van der Waals surface area contributed by atoms with Crippen molar-refractivity contribution in [3.8, 4) is 16.9 Å². The third-order valence-corrected chi connectivity index (χ3v) is 5.18. The summed E-state index contributed by atoms with van der Waals surface area (Å²) >= 11 is 0. The molecule has 3 aromatic carbocycles. The maximum Gasteiger partial charge on any atom is 0.221 e. The Morgan fingerprint density at radius 1 is 1.07 bits per heavy atom. The van der Waals surface area contributed by atoms with Crippen LogP contribution in [0.5, 0.6) is 5.75 Å². The van der Waals surface area contributed by atoms with Crippen molar-refractivity contribution in [1.29, 1.82) is 0 Å². The van der Waals surface area contributed by atoms with Crippen LogP contribution in [0.15, 0.2) is 72.9 Å². The second-order valence-electron chi connectivity index (χ2n) is 7.33. The molecular weight excluding hydrogens is 374 g/mol. The van der Waals surface area contributed by atoms with E-state index in [2.05, 4.69) is 59.8 Å². The maximum atomic E-state index is 11.5. The van der Waals surface area contributed by atoms with E-state index < -0.39 is 0 Å². The van der Waals surface area contributed by atoms with E-state index in [1.54, 1.807) is 7.05 Å². The lowest BCUT2D eigenvalue weighted by Crippen LogP contribution is -2.19. The number of aryl methyl sites for hydroxylation is 2. The second-order valence-corrected chi connectivity index (χ2v) is 7.33. The zero-order valence-corrected chi connectivity index (χ0v) is 17.3. The summed E-state index contributed by atoms with van der Waals surface area (Å²) in [4.78, 5) is 11.5. The van der Waals surface area contributed by atoms with Gasteiger partial charge in [0.2, 0.25) is 5.91 Å². The number of benzene rings is 3. The van der Waals surface area contributed by atoms with Gasteiger partial charge in [-0.3, -0.25) is 9.48 Å². The lowest BCUT2D eigenvalue weighted by atomic mass is 9.99. The first kappa shape index (κ1) is 19.7. The molecule has 0 unspecified atom stereocenters. The van der Waals surface area contributed by atoms with Crippen LogP contribution in [0.4, 0.5) is 0 Å². The molecule has 0 aliphatic carbocycles. The van der Waals surface area contributed by atoms with Gasteiger partial charge in [0.25, 0.3) is 0 Å². The molecule has 152 valence electrons. The predicted molar refractivity (Wildman–Crippen MR) is 119 cm³/mol. The Balaban J connectivity index is 1.50. The molecule has 5 nitrogen and oxygen atoms in total. The first-order valence-electron chi connectivity index (χ1n) is 10.1. The number of nitrogens with one attached hydrogen (secondary N) is 1. The fraction of sp³-hybridized carbons (Fsp3) is 0.200. The summed E-state index contributed by atoms with van der Waals surface area (Å²) in [5.74, 6) is 0.804. The fourth-order valence-corrected chi connectivity index (χ4v) is 3.57. The highest BCUT2D eigenvalue weighted by atomic mass is 16.5. The van der Waals surface area contributed by atoms with Crippen LogP contribution < -0.4 is 10.1 Å². The minimum atomic E-state index is 0.00544. The van der Waals surface area contributed by atoms with Gasteiger partial charge in [-0.1, -0.05) is 54.1 Å². The average Bonchev–Trinajstić information content (AvgIpc) is 3.18. The van der Waals surface area contributed by atoms with Gasteiger partial charge in [0, 0.05) is 18.9 Å². The lowest BCUT2D eigenvalue weighted by molar-refractivity contribution is -0.120. The van der Waals surface area contributed by atoms with Gasteiger partial charge in [-0.05, 0) is 41.8 Å². The molecule has 0 aliphatic rings. The van der Waals surface area contributed by atoms with Crippen molar-refractivity contribution in [1.82, 2.24) is 15.1 Å².